The smallest absolute Gasteiger partial charge is 0.306 e. The summed E-state index contributed by atoms with van der Waals surface area (Å²) in [6, 6.07) is 3.49. The van der Waals surface area contributed by atoms with Crippen LogP contribution in [0.2, 0.25) is 0 Å². The second kappa shape index (κ2) is 6.19. The summed E-state index contributed by atoms with van der Waals surface area (Å²) in [5.41, 5.74) is -1.48. The van der Waals surface area contributed by atoms with E-state index in [0.717, 1.165) is 5.76 Å². The van der Waals surface area contributed by atoms with Gasteiger partial charge in [0.25, 0.3) is 0 Å². The molecular weight excluding hydrogens is 250 g/mol. The maximum absolute atomic E-state index is 11.5. The van der Waals surface area contributed by atoms with E-state index in [4.69, 9.17) is 9.52 Å². The normalized spacial score (nSPS) is 14.3. The molecule has 6 heteroatoms. The molecule has 0 aliphatic carbocycles. The Morgan fingerprint density at radius 3 is 2.68 bits per heavy atom. The van der Waals surface area contributed by atoms with Crippen LogP contribution < -0.4 is 5.32 Å². The first-order valence-electron chi connectivity index (χ1n) is 5.75. The number of furan rings is 1. The summed E-state index contributed by atoms with van der Waals surface area (Å²) in [6.07, 6.45) is 2.32. The third-order valence-electron chi connectivity index (χ3n) is 2.34. The van der Waals surface area contributed by atoms with Gasteiger partial charge < -0.3 is 19.9 Å². The highest BCUT2D eigenvalue weighted by Gasteiger charge is 2.24. The van der Waals surface area contributed by atoms with Crippen LogP contribution >= 0.6 is 0 Å². The molecule has 1 unspecified atom stereocenters. The second-order valence-electron chi connectivity index (χ2n) is 4.57. The van der Waals surface area contributed by atoms with Gasteiger partial charge in [-0.1, -0.05) is 0 Å². The van der Waals surface area contributed by atoms with E-state index >= 15 is 0 Å². The predicted molar refractivity (Wildman–Crippen MR) is 68.4 cm³/mol. The van der Waals surface area contributed by atoms with Crippen molar-refractivity contribution in [2.45, 2.75) is 25.9 Å². The van der Waals surface area contributed by atoms with Gasteiger partial charge in [-0.15, -0.1) is 0 Å². The maximum atomic E-state index is 11.5. The highest BCUT2D eigenvalue weighted by atomic mass is 16.4. The van der Waals surface area contributed by atoms with Gasteiger partial charge in [-0.05, 0) is 32.1 Å². The first-order valence-corrected chi connectivity index (χ1v) is 5.75. The number of aliphatic carboxylic acids is 1. The summed E-state index contributed by atoms with van der Waals surface area (Å²) in [7, 11) is 0. The largest absolute Gasteiger partial charge is 0.481 e. The Hall–Kier alpha value is -2.08. The number of carboxylic acids is 1. The minimum absolute atomic E-state index is 0.139. The molecule has 0 saturated heterocycles. The van der Waals surface area contributed by atoms with Crippen molar-refractivity contribution in [3.63, 3.8) is 0 Å². The minimum Gasteiger partial charge on any atom is -0.481 e. The quantitative estimate of drug-likeness (QED) is 0.666. The molecule has 0 bridgehead atoms. The molecule has 6 nitrogen and oxygen atoms in total. The van der Waals surface area contributed by atoms with Crippen LogP contribution in [0.4, 0.5) is 0 Å². The zero-order valence-corrected chi connectivity index (χ0v) is 10.8. The second-order valence-corrected chi connectivity index (χ2v) is 4.57. The summed E-state index contributed by atoms with van der Waals surface area (Å²) < 4.78 is 5.24. The molecule has 0 spiro atoms. The standard InChI is InChI=1S/C13H17NO5/c1-9-3-4-10(19-9)5-6-11(15)14-8-13(2,18)7-12(16)17/h3-6,18H,7-8H2,1-2H3,(H,14,15)(H,16,17). The number of carboxylic acid groups (broad SMARTS) is 1. The molecule has 1 aromatic heterocycles. The van der Waals surface area contributed by atoms with Crippen molar-refractivity contribution < 1.29 is 24.2 Å². The molecule has 0 aromatic carbocycles. The lowest BCUT2D eigenvalue weighted by Gasteiger charge is -2.20. The van der Waals surface area contributed by atoms with E-state index < -0.39 is 23.9 Å². The number of amides is 1. The van der Waals surface area contributed by atoms with Gasteiger partial charge in [-0.3, -0.25) is 9.59 Å². The van der Waals surface area contributed by atoms with Crippen molar-refractivity contribution in [1.29, 1.82) is 0 Å². The first kappa shape index (κ1) is 15.0. The van der Waals surface area contributed by atoms with Crippen LogP contribution in [0.3, 0.4) is 0 Å². The third kappa shape index (κ3) is 5.87. The minimum atomic E-state index is -1.48. The van der Waals surface area contributed by atoms with Crippen molar-refractivity contribution in [2.24, 2.45) is 0 Å². The summed E-state index contributed by atoms with van der Waals surface area (Å²) in [5, 5.41) is 20.7. The van der Waals surface area contributed by atoms with Crippen molar-refractivity contribution in [3.05, 3.63) is 29.7 Å². The van der Waals surface area contributed by atoms with Crippen LogP contribution in [-0.4, -0.2) is 34.2 Å². The Labute approximate surface area is 110 Å². The number of carbonyl (C=O) groups excluding carboxylic acids is 1. The van der Waals surface area contributed by atoms with E-state index in [-0.39, 0.29) is 6.54 Å². The van der Waals surface area contributed by atoms with Gasteiger partial charge in [0.15, 0.2) is 0 Å². The summed E-state index contributed by atoms with van der Waals surface area (Å²) in [4.78, 5) is 21.9. The molecular formula is C13H17NO5. The third-order valence-corrected chi connectivity index (χ3v) is 2.34. The van der Waals surface area contributed by atoms with Gasteiger partial charge in [-0.2, -0.15) is 0 Å². The molecule has 1 amide bonds. The fourth-order valence-electron chi connectivity index (χ4n) is 1.43. The van der Waals surface area contributed by atoms with Crippen LogP contribution in [0.15, 0.2) is 22.6 Å². The molecule has 1 atom stereocenters. The molecule has 1 heterocycles. The van der Waals surface area contributed by atoms with Crippen molar-refractivity contribution in [3.8, 4) is 0 Å². The van der Waals surface area contributed by atoms with Crippen molar-refractivity contribution >= 4 is 18.0 Å². The van der Waals surface area contributed by atoms with Gasteiger partial charge in [0.1, 0.15) is 11.5 Å². The Morgan fingerprint density at radius 2 is 2.16 bits per heavy atom. The summed E-state index contributed by atoms with van der Waals surface area (Å²) >= 11 is 0. The number of aliphatic hydroxyl groups is 1. The number of carbonyl (C=O) groups is 2. The molecule has 104 valence electrons. The lowest BCUT2D eigenvalue weighted by Crippen LogP contribution is -2.41. The molecule has 19 heavy (non-hydrogen) atoms. The van der Waals surface area contributed by atoms with Crippen molar-refractivity contribution in [2.75, 3.05) is 6.54 Å². The average Bonchev–Trinajstić information content (AvgIpc) is 2.68. The first-order chi connectivity index (χ1) is 8.78. The van der Waals surface area contributed by atoms with E-state index in [1.807, 2.05) is 0 Å². The molecule has 1 rings (SSSR count). The average molecular weight is 267 g/mol. The number of hydrogen-bond donors (Lipinski definition) is 3. The number of hydrogen-bond acceptors (Lipinski definition) is 4. The highest BCUT2D eigenvalue weighted by Crippen LogP contribution is 2.09. The van der Waals surface area contributed by atoms with E-state index in [2.05, 4.69) is 5.32 Å². The number of rotatable bonds is 6. The molecule has 1 aromatic rings. The number of nitrogens with one attached hydrogen (secondary N) is 1. The van der Waals surface area contributed by atoms with Crippen LogP contribution in [0.5, 0.6) is 0 Å². The highest BCUT2D eigenvalue weighted by molar-refractivity contribution is 5.91. The molecule has 0 fully saturated rings. The van der Waals surface area contributed by atoms with Gasteiger partial charge in [0.2, 0.25) is 5.91 Å². The van der Waals surface area contributed by atoms with Crippen LogP contribution in [0, 0.1) is 6.92 Å². The van der Waals surface area contributed by atoms with Crippen LogP contribution in [-0.2, 0) is 9.59 Å². The summed E-state index contributed by atoms with van der Waals surface area (Å²) in [6.45, 7) is 3.00. The van der Waals surface area contributed by atoms with E-state index in [9.17, 15) is 14.7 Å². The number of aryl methyl sites for hydroxylation is 1. The van der Waals surface area contributed by atoms with Crippen LogP contribution in [0.25, 0.3) is 6.08 Å². The lowest BCUT2D eigenvalue weighted by atomic mass is 10.0. The molecule has 0 aliphatic rings. The molecule has 0 radical (unpaired) electrons. The molecule has 0 saturated carbocycles. The van der Waals surface area contributed by atoms with Gasteiger partial charge >= 0.3 is 5.97 Å². The molecule has 0 aliphatic heterocycles. The Balaban J connectivity index is 2.43. The van der Waals surface area contributed by atoms with E-state index in [1.54, 1.807) is 19.1 Å². The monoisotopic (exact) mass is 267 g/mol. The Bertz CT molecular complexity index is 487. The van der Waals surface area contributed by atoms with Crippen molar-refractivity contribution in [1.82, 2.24) is 5.32 Å². The maximum Gasteiger partial charge on any atom is 0.306 e. The topological polar surface area (TPSA) is 99.8 Å². The fraction of sp³-hybridized carbons (Fsp3) is 0.385. The van der Waals surface area contributed by atoms with Gasteiger partial charge in [-0.25, -0.2) is 0 Å². The molecule has 3 N–H and O–H groups in total. The van der Waals surface area contributed by atoms with E-state index in [1.165, 1.54) is 19.1 Å². The van der Waals surface area contributed by atoms with Gasteiger partial charge in [0, 0.05) is 12.6 Å². The summed E-state index contributed by atoms with van der Waals surface area (Å²) in [5.74, 6) is -0.269. The SMILES string of the molecule is Cc1ccc(C=CC(=O)NCC(C)(O)CC(=O)O)o1. The Morgan fingerprint density at radius 1 is 1.47 bits per heavy atom. The fourth-order valence-corrected chi connectivity index (χ4v) is 1.43. The zero-order chi connectivity index (χ0) is 14.5. The lowest BCUT2D eigenvalue weighted by molar-refractivity contribution is -0.142. The van der Waals surface area contributed by atoms with Crippen LogP contribution in [0.1, 0.15) is 24.9 Å². The van der Waals surface area contributed by atoms with E-state index in [0.29, 0.717) is 5.76 Å². The van der Waals surface area contributed by atoms with Gasteiger partial charge in [0.05, 0.1) is 12.0 Å². The Kier molecular flexibility index (Phi) is 4.88. The zero-order valence-electron chi connectivity index (χ0n) is 10.8. The predicted octanol–water partition coefficient (Wildman–Crippen LogP) is 0.943.